The smallest absolute Gasteiger partial charge is 0.416 e. The minimum atomic E-state index is -4.59. The number of ether oxygens (including phenoxy) is 1. The third-order valence-electron chi connectivity index (χ3n) is 6.55. The van der Waals surface area contributed by atoms with E-state index in [1.54, 1.807) is 24.3 Å². The van der Waals surface area contributed by atoms with Gasteiger partial charge in [-0.15, -0.1) is 6.58 Å². The minimum absolute atomic E-state index is 0.0352. The highest BCUT2D eigenvalue weighted by Gasteiger charge is 2.33. The average Bonchev–Trinajstić information content (AvgIpc) is 3.31. The Hall–Kier alpha value is -3.26. The first kappa shape index (κ1) is 28.7. The molecule has 0 bridgehead atoms. The maximum Gasteiger partial charge on any atom is 0.416 e. The number of guanidine groups is 1. The molecule has 1 fully saturated rings. The van der Waals surface area contributed by atoms with E-state index >= 15 is 0 Å². The van der Waals surface area contributed by atoms with Crippen LogP contribution in [0.5, 0.6) is 5.75 Å². The van der Waals surface area contributed by atoms with Crippen molar-refractivity contribution in [1.29, 1.82) is 5.26 Å². The van der Waals surface area contributed by atoms with Gasteiger partial charge in [0.15, 0.2) is 6.19 Å². The van der Waals surface area contributed by atoms with E-state index in [1.165, 1.54) is 11.1 Å². The molecule has 0 aromatic heterocycles. The number of hydrazone groups is 1. The van der Waals surface area contributed by atoms with Crippen molar-refractivity contribution in [3.05, 3.63) is 70.2 Å². The highest BCUT2D eigenvalue weighted by molar-refractivity contribution is 6.42. The van der Waals surface area contributed by atoms with Gasteiger partial charge < -0.3 is 9.64 Å². The van der Waals surface area contributed by atoms with Crippen molar-refractivity contribution in [1.82, 2.24) is 15.2 Å². The quantitative estimate of drug-likeness (QED) is 0.137. The number of piperidine rings is 1. The van der Waals surface area contributed by atoms with Crippen molar-refractivity contribution in [3.63, 3.8) is 0 Å². The fourth-order valence-corrected chi connectivity index (χ4v) is 4.77. The van der Waals surface area contributed by atoms with Gasteiger partial charge in [-0.3, -0.25) is 5.32 Å². The maximum atomic E-state index is 13.6. The zero-order valence-electron chi connectivity index (χ0n) is 21.2. The number of rotatable bonds is 6. The third-order valence-corrected chi connectivity index (χ3v) is 7.29. The average molecular weight is 579 g/mol. The van der Waals surface area contributed by atoms with Gasteiger partial charge in [0.2, 0.25) is 5.96 Å². The molecule has 4 rings (SSSR count). The molecule has 7 nitrogen and oxygen atoms in total. The number of nitrogens with one attached hydrogen (secondary N) is 1. The lowest BCUT2D eigenvalue weighted by molar-refractivity contribution is -0.137. The van der Waals surface area contributed by atoms with E-state index in [1.807, 2.05) is 13.2 Å². The Labute approximate surface area is 235 Å². The van der Waals surface area contributed by atoms with Crippen LogP contribution in [0.2, 0.25) is 10.0 Å². The van der Waals surface area contributed by atoms with E-state index < -0.39 is 11.7 Å². The molecule has 2 aromatic carbocycles. The van der Waals surface area contributed by atoms with Gasteiger partial charge in [0.1, 0.15) is 17.5 Å². The van der Waals surface area contributed by atoms with Crippen LogP contribution in [0.25, 0.3) is 0 Å². The second-order valence-corrected chi connectivity index (χ2v) is 10.2. The van der Waals surface area contributed by atoms with Gasteiger partial charge in [0, 0.05) is 19.5 Å². The lowest BCUT2D eigenvalue weighted by Crippen LogP contribution is -2.39. The first-order valence-corrected chi connectivity index (χ1v) is 13.1. The molecule has 39 heavy (non-hydrogen) atoms. The Morgan fingerprint density at radius 2 is 1.97 bits per heavy atom. The molecule has 2 aromatic rings. The van der Waals surface area contributed by atoms with Crippen molar-refractivity contribution in [2.45, 2.75) is 44.0 Å². The molecular formula is C27H27Cl2F3N6O. The van der Waals surface area contributed by atoms with E-state index in [0.29, 0.717) is 28.6 Å². The van der Waals surface area contributed by atoms with Crippen LogP contribution in [0.1, 0.15) is 36.8 Å². The second kappa shape index (κ2) is 12.3. The summed E-state index contributed by atoms with van der Waals surface area (Å²) >= 11 is 12.3. The molecule has 206 valence electrons. The second-order valence-electron chi connectivity index (χ2n) is 9.38. The summed E-state index contributed by atoms with van der Waals surface area (Å²) in [5, 5.41) is 18.9. The number of benzene rings is 2. The number of halogens is 5. The summed E-state index contributed by atoms with van der Waals surface area (Å²) in [7, 11) is 2.01. The Morgan fingerprint density at radius 1 is 1.23 bits per heavy atom. The first-order valence-electron chi connectivity index (χ1n) is 12.3. The van der Waals surface area contributed by atoms with E-state index in [-0.39, 0.29) is 29.5 Å². The van der Waals surface area contributed by atoms with Crippen LogP contribution in [0, 0.1) is 11.5 Å². The zero-order chi connectivity index (χ0) is 28.2. The van der Waals surface area contributed by atoms with E-state index in [0.717, 1.165) is 43.6 Å². The summed E-state index contributed by atoms with van der Waals surface area (Å²) in [5.74, 6) is 0.162. The third kappa shape index (κ3) is 7.04. The molecule has 1 N–H and O–H groups in total. The Balaban J connectivity index is 1.75. The highest BCUT2D eigenvalue weighted by atomic mass is 35.5. The van der Waals surface area contributed by atoms with Crippen LogP contribution in [0.4, 0.5) is 18.9 Å². The predicted octanol–water partition coefficient (Wildman–Crippen LogP) is 6.60. The summed E-state index contributed by atoms with van der Waals surface area (Å²) in [6.45, 7) is 5.43. The monoisotopic (exact) mass is 578 g/mol. The largest absolute Gasteiger partial charge is 0.488 e. The van der Waals surface area contributed by atoms with Crippen LogP contribution in [-0.2, 0) is 6.18 Å². The minimum Gasteiger partial charge on any atom is -0.488 e. The van der Waals surface area contributed by atoms with Crippen molar-refractivity contribution < 1.29 is 17.9 Å². The van der Waals surface area contributed by atoms with Crippen LogP contribution >= 0.6 is 23.2 Å². The Bertz CT molecular complexity index is 1320. The number of alkyl halides is 3. The summed E-state index contributed by atoms with van der Waals surface area (Å²) in [5.41, 5.74) is 0.441. The van der Waals surface area contributed by atoms with Crippen LogP contribution in [0.3, 0.4) is 0 Å². The van der Waals surface area contributed by atoms with Gasteiger partial charge in [0.05, 0.1) is 27.4 Å². The van der Waals surface area contributed by atoms with Crippen molar-refractivity contribution in [2.24, 2.45) is 10.1 Å². The van der Waals surface area contributed by atoms with Crippen LogP contribution in [-0.4, -0.2) is 53.9 Å². The molecule has 2 heterocycles. The molecule has 2 aliphatic rings. The molecule has 0 amide bonds. The Kier molecular flexibility index (Phi) is 9.05. The molecule has 1 saturated heterocycles. The van der Waals surface area contributed by atoms with Gasteiger partial charge in [0.25, 0.3) is 0 Å². The van der Waals surface area contributed by atoms with Crippen LogP contribution < -0.4 is 10.1 Å². The molecule has 1 unspecified atom stereocenters. The number of hydrogen-bond acceptors (Lipinski definition) is 5. The normalized spacial score (nSPS) is 19.0. The van der Waals surface area contributed by atoms with E-state index in [2.05, 4.69) is 26.9 Å². The van der Waals surface area contributed by atoms with Gasteiger partial charge in [-0.2, -0.15) is 23.5 Å². The number of likely N-dealkylation sites (tertiary alicyclic amines) is 1. The molecule has 0 spiro atoms. The fourth-order valence-electron chi connectivity index (χ4n) is 4.47. The van der Waals surface area contributed by atoms with Crippen molar-refractivity contribution in [3.8, 4) is 11.9 Å². The number of aliphatic imine (C=N–C) groups is 1. The molecule has 2 aliphatic heterocycles. The summed E-state index contributed by atoms with van der Waals surface area (Å²) in [4.78, 5) is 6.63. The number of nitriles is 1. The van der Waals surface area contributed by atoms with Gasteiger partial charge in [-0.1, -0.05) is 35.3 Å². The van der Waals surface area contributed by atoms with Gasteiger partial charge in [-0.05, 0) is 62.2 Å². The topological polar surface area (TPSA) is 76.2 Å². The molecule has 0 saturated carbocycles. The van der Waals surface area contributed by atoms with Crippen LogP contribution in [0.15, 0.2) is 59.1 Å². The standard InChI is InChI=1S/C27H27Cl2F3N6O/c1-3-4-19-15-23(17-5-7-21(28)22(29)13-17)36-38(19)26(34-16-33)35-24-14-18(27(30,31)32)6-8-25(24)39-20-9-11-37(2)12-10-20/h3,5-8,13-14,19-20H,1,4,9-12,15H2,2H3,(H,34,35). The lowest BCUT2D eigenvalue weighted by Gasteiger charge is -2.30. The van der Waals surface area contributed by atoms with Gasteiger partial charge in [-0.25, -0.2) is 10.0 Å². The molecular weight excluding hydrogens is 552 g/mol. The van der Waals surface area contributed by atoms with E-state index in [9.17, 15) is 18.4 Å². The summed E-state index contributed by atoms with van der Waals surface area (Å²) in [6, 6.07) is 7.99. The molecule has 12 heteroatoms. The summed E-state index contributed by atoms with van der Waals surface area (Å²) < 4.78 is 47.0. The Morgan fingerprint density at radius 3 is 2.62 bits per heavy atom. The predicted molar refractivity (Wildman–Crippen MR) is 146 cm³/mol. The van der Waals surface area contributed by atoms with Crippen molar-refractivity contribution >= 4 is 40.6 Å². The summed E-state index contributed by atoms with van der Waals surface area (Å²) in [6.07, 6.45) is 1.17. The molecule has 0 radical (unpaired) electrons. The zero-order valence-corrected chi connectivity index (χ0v) is 22.7. The molecule has 0 aliphatic carbocycles. The molecule has 1 atom stereocenters. The fraction of sp³-hybridized carbons (Fsp3) is 0.370. The van der Waals surface area contributed by atoms with E-state index in [4.69, 9.17) is 27.9 Å². The number of hydrogen-bond donors (Lipinski definition) is 1. The highest BCUT2D eigenvalue weighted by Crippen LogP contribution is 2.38. The first-order chi connectivity index (χ1) is 18.6. The number of nitrogens with zero attached hydrogens (tertiary/aromatic N) is 5. The lowest BCUT2D eigenvalue weighted by atomic mass is 10.0. The SMILES string of the molecule is C=CCC1CC(c2ccc(Cl)c(Cl)c2)=NN1C(=Nc1cc(C(F)(F)F)ccc1OC1CCN(C)CC1)NC#N. The van der Waals surface area contributed by atoms with Crippen molar-refractivity contribution in [2.75, 3.05) is 20.1 Å². The maximum absolute atomic E-state index is 13.6. The van der Waals surface area contributed by atoms with Gasteiger partial charge >= 0.3 is 6.18 Å².